The molecule has 0 aromatic rings. The predicted octanol–water partition coefficient (Wildman–Crippen LogP) is -0.372. The third-order valence-corrected chi connectivity index (χ3v) is 2.85. The van der Waals surface area contributed by atoms with Crippen LogP contribution >= 0.6 is 0 Å². The summed E-state index contributed by atoms with van der Waals surface area (Å²) in [6, 6.07) is 0. The molecule has 5 nitrogen and oxygen atoms in total. The number of fused-ring (bicyclic) bond motifs is 1. The third-order valence-electron chi connectivity index (χ3n) is 2.85. The molecule has 2 aliphatic rings. The van der Waals surface area contributed by atoms with Gasteiger partial charge in [-0.15, -0.1) is 0 Å². The first-order valence-electron chi connectivity index (χ1n) is 4.51. The number of cyclic esters (lactones) is 2. The lowest BCUT2D eigenvalue weighted by Gasteiger charge is -2.29. The zero-order chi connectivity index (χ0) is 11.2. The van der Waals surface area contributed by atoms with Gasteiger partial charge in [-0.25, -0.2) is 4.39 Å². The van der Waals surface area contributed by atoms with E-state index in [1.54, 1.807) is 0 Å². The molecule has 6 heteroatoms. The van der Waals surface area contributed by atoms with Crippen molar-refractivity contribution in [2.45, 2.75) is 18.7 Å². The minimum atomic E-state index is -1.85. The van der Waals surface area contributed by atoms with Crippen LogP contribution in [0.25, 0.3) is 0 Å². The first-order valence-corrected chi connectivity index (χ1v) is 4.51. The summed E-state index contributed by atoms with van der Waals surface area (Å²) in [7, 11) is 1.20. The Hall–Kier alpha value is -1.30. The van der Waals surface area contributed by atoms with E-state index in [0.29, 0.717) is 0 Å². The van der Waals surface area contributed by atoms with Gasteiger partial charge in [0.15, 0.2) is 12.0 Å². The highest BCUT2D eigenvalue weighted by Gasteiger charge is 2.56. The van der Waals surface area contributed by atoms with E-state index >= 15 is 0 Å². The van der Waals surface area contributed by atoms with Crippen molar-refractivity contribution < 1.29 is 28.2 Å². The Labute approximate surface area is 84.5 Å². The molecule has 2 rings (SSSR count). The predicted molar refractivity (Wildman–Crippen MR) is 43.4 cm³/mol. The number of carbonyl (C=O) groups is 3. The number of methoxy groups -OCH3 is 1. The van der Waals surface area contributed by atoms with E-state index in [1.807, 2.05) is 0 Å². The second-order valence-electron chi connectivity index (χ2n) is 3.64. The normalized spacial score (nSPS) is 40.3. The zero-order valence-electron chi connectivity index (χ0n) is 7.94. The fraction of sp³-hybridized carbons (Fsp3) is 0.667. The van der Waals surface area contributed by atoms with E-state index in [9.17, 15) is 18.8 Å². The monoisotopic (exact) mass is 216 g/mol. The summed E-state index contributed by atoms with van der Waals surface area (Å²) in [5.74, 6) is -4.12. The quantitative estimate of drug-likeness (QED) is 0.441. The Morgan fingerprint density at radius 1 is 1.33 bits per heavy atom. The summed E-state index contributed by atoms with van der Waals surface area (Å²) < 4.78 is 22.5. The number of rotatable bonds is 1. The van der Waals surface area contributed by atoms with Gasteiger partial charge in [-0.1, -0.05) is 0 Å². The number of ketones is 1. The van der Waals surface area contributed by atoms with Crippen LogP contribution in [-0.2, 0) is 23.9 Å². The van der Waals surface area contributed by atoms with Crippen LogP contribution in [-0.4, -0.2) is 37.1 Å². The number of ether oxygens (including phenoxy) is 2. The molecular formula is C9H9FO5. The lowest BCUT2D eigenvalue weighted by atomic mass is 9.77. The van der Waals surface area contributed by atoms with Gasteiger partial charge >= 0.3 is 11.9 Å². The maximum atomic E-state index is 13.4. The van der Waals surface area contributed by atoms with E-state index < -0.39 is 41.8 Å². The average Bonchev–Trinajstić information content (AvgIpc) is 2.45. The molecule has 1 saturated heterocycles. The molecule has 1 heterocycles. The smallest absolute Gasteiger partial charge is 0.320 e. The van der Waals surface area contributed by atoms with Gasteiger partial charge in [0.1, 0.15) is 12.0 Å². The van der Waals surface area contributed by atoms with E-state index in [-0.39, 0.29) is 6.42 Å². The fourth-order valence-electron chi connectivity index (χ4n) is 2.09. The second kappa shape index (κ2) is 3.37. The summed E-state index contributed by atoms with van der Waals surface area (Å²) in [6.45, 7) is 0. The fourth-order valence-corrected chi connectivity index (χ4v) is 2.09. The third kappa shape index (κ3) is 1.36. The molecule has 82 valence electrons. The highest BCUT2D eigenvalue weighted by atomic mass is 19.1. The molecule has 0 radical (unpaired) electrons. The van der Waals surface area contributed by atoms with Crippen molar-refractivity contribution in [3.8, 4) is 0 Å². The number of carbonyl (C=O) groups excluding carboxylic acids is 3. The van der Waals surface area contributed by atoms with Gasteiger partial charge < -0.3 is 9.47 Å². The highest BCUT2D eigenvalue weighted by molar-refractivity contribution is 6.02. The van der Waals surface area contributed by atoms with Crippen LogP contribution in [0.15, 0.2) is 0 Å². The van der Waals surface area contributed by atoms with E-state index in [1.165, 1.54) is 7.11 Å². The molecule has 2 fully saturated rings. The van der Waals surface area contributed by atoms with Crippen molar-refractivity contribution in [2.24, 2.45) is 11.8 Å². The molecule has 15 heavy (non-hydrogen) atoms. The van der Waals surface area contributed by atoms with Crippen molar-refractivity contribution in [1.82, 2.24) is 0 Å². The van der Waals surface area contributed by atoms with Gasteiger partial charge in [-0.3, -0.25) is 14.4 Å². The molecule has 0 N–H and O–H groups in total. The first-order chi connectivity index (χ1) is 7.06. The molecule has 4 atom stereocenters. The van der Waals surface area contributed by atoms with Crippen LogP contribution in [0.4, 0.5) is 4.39 Å². The molecule has 0 aromatic heterocycles. The Bertz CT molecular complexity index is 339. The molecule has 0 bridgehead atoms. The summed E-state index contributed by atoms with van der Waals surface area (Å²) in [5.41, 5.74) is 0. The van der Waals surface area contributed by atoms with Crippen molar-refractivity contribution in [1.29, 1.82) is 0 Å². The Balaban J connectivity index is 2.33. The van der Waals surface area contributed by atoms with E-state index in [4.69, 9.17) is 4.74 Å². The number of hydrogen-bond acceptors (Lipinski definition) is 5. The summed E-state index contributed by atoms with van der Waals surface area (Å²) in [6.07, 6.45) is -3.33. The van der Waals surface area contributed by atoms with Crippen LogP contribution in [0.5, 0.6) is 0 Å². The SMILES string of the molecule is CO[C@H]1[C@H]2C(=O)OC(=O)[C@@H]2CC(=O)[C@@H]1F. The second-order valence-corrected chi connectivity index (χ2v) is 3.64. The van der Waals surface area contributed by atoms with Gasteiger partial charge in [-0.2, -0.15) is 0 Å². The maximum Gasteiger partial charge on any atom is 0.320 e. The van der Waals surface area contributed by atoms with Crippen molar-refractivity contribution in [3.05, 3.63) is 0 Å². The van der Waals surface area contributed by atoms with E-state index in [2.05, 4.69) is 4.74 Å². The Morgan fingerprint density at radius 2 is 2.00 bits per heavy atom. The molecule has 0 amide bonds. The topological polar surface area (TPSA) is 69.7 Å². The molecule has 1 aliphatic heterocycles. The van der Waals surface area contributed by atoms with Crippen LogP contribution in [0.1, 0.15) is 6.42 Å². The van der Waals surface area contributed by atoms with Crippen LogP contribution < -0.4 is 0 Å². The average molecular weight is 216 g/mol. The summed E-state index contributed by atoms with van der Waals surface area (Å²) >= 11 is 0. The molecule has 0 unspecified atom stereocenters. The maximum absolute atomic E-state index is 13.4. The lowest BCUT2D eigenvalue weighted by molar-refractivity contribution is -0.155. The minimum Gasteiger partial charge on any atom is -0.393 e. The Kier molecular flexibility index (Phi) is 2.30. The van der Waals surface area contributed by atoms with Gasteiger partial charge in [0, 0.05) is 13.5 Å². The van der Waals surface area contributed by atoms with E-state index in [0.717, 1.165) is 0 Å². The zero-order valence-corrected chi connectivity index (χ0v) is 7.94. The van der Waals surface area contributed by atoms with Crippen molar-refractivity contribution >= 4 is 17.7 Å². The number of Topliss-reactive ketones (excluding diaryl/α,β-unsaturated/α-hetero) is 1. The van der Waals surface area contributed by atoms with Crippen LogP contribution in [0.2, 0.25) is 0 Å². The molecule has 1 saturated carbocycles. The van der Waals surface area contributed by atoms with Crippen molar-refractivity contribution in [3.63, 3.8) is 0 Å². The summed E-state index contributed by atoms with van der Waals surface area (Å²) in [5, 5.41) is 0. The molecular weight excluding hydrogens is 207 g/mol. The highest BCUT2D eigenvalue weighted by Crippen LogP contribution is 2.37. The number of esters is 2. The Morgan fingerprint density at radius 3 is 2.60 bits per heavy atom. The number of alkyl halides is 1. The van der Waals surface area contributed by atoms with Crippen LogP contribution in [0.3, 0.4) is 0 Å². The molecule has 1 aliphatic carbocycles. The van der Waals surface area contributed by atoms with Gasteiger partial charge in [0.2, 0.25) is 0 Å². The largest absolute Gasteiger partial charge is 0.393 e. The minimum absolute atomic E-state index is 0.281. The molecule has 0 spiro atoms. The van der Waals surface area contributed by atoms with Crippen LogP contribution in [0, 0.1) is 11.8 Å². The first kappa shape index (κ1) is 10.2. The van der Waals surface area contributed by atoms with Gasteiger partial charge in [-0.05, 0) is 0 Å². The lowest BCUT2D eigenvalue weighted by Crippen LogP contribution is -2.48. The number of hydrogen-bond donors (Lipinski definition) is 0. The standard InChI is InChI=1S/C9H9FO5/c1-14-7-5-3(2-4(11)6(7)10)8(12)15-9(5)13/h3,5-7H,2H2,1H3/t3-,5+,6+,7+/m1/s1. The van der Waals surface area contributed by atoms with Gasteiger partial charge in [0.05, 0.1) is 5.92 Å². The van der Waals surface area contributed by atoms with Crippen molar-refractivity contribution in [2.75, 3.05) is 7.11 Å². The number of halogens is 1. The molecule has 0 aromatic carbocycles. The van der Waals surface area contributed by atoms with Gasteiger partial charge in [0.25, 0.3) is 0 Å². The summed E-state index contributed by atoms with van der Waals surface area (Å²) in [4.78, 5) is 33.6.